The van der Waals surface area contributed by atoms with Crippen molar-refractivity contribution in [1.29, 1.82) is 0 Å². The van der Waals surface area contributed by atoms with Crippen molar-refractivity contribution in [2.45, 2.75) is 25.8 Å². The fourth-order valence-electron chi connectivity index (χ4n) is 2.89. The van der Waals surface area contributed by atoms with Crippen molar-refractivity contribution in [3.05, 3.63) is 35.6 Å². The summed E-state index contributed by atoms with van der Waals surface area (Å²) in [6.07, 6.45) is 1.53. The molecule has 1 heterocycles. The molecule has 120 valence electrons. The van der Waals surface area contributed by atoms with Gasteiger partial charge in [0.25, 0.3) is 0 Å². The van der Waals surface area contributed by atoms with E-state index in [-0.39, 0.29) is 17.7 Å². The zero-order valence-electron chi connectivity index (χ0n) is 12.6. The predicted octanol–water partition coefficient (Wildman–Crippen LogP) is 1.63. The molecule has 1 aromatic carbocycles. The zero-order chi connectivity index (χ0) is 16.1. The SMILES string of the molecule is CCOC(=O)C1CCCN(C(C(N)=O)c2ccc(F)cc2)C1. The summed E-state index contributed by atoms with van der Waals surface area (Å²) < 4.78 is 18.1. The minimum absolute atomic E-state index is 0.241. The second-order valence-corrected chi connectivity index (χ2v) is 5.44. The Morgan fingerprint density at radius 3 is 2.68 bits per heavy atom. The van der Waals surface area contributed by atoms with Crippen LogP contribution in [-0.4, -0.2) is 36.5 Å². The molecule has 0 radical (unpaired) electrons. The number of likely N-dealkylation sites (tertiary alicyclic amines) is 1. The van der Waals surface area contributed by atoms with Gasteiger partial charge in [-0.2, -0.15) is 0 Å². The summed E-state index contributed by atoms with van der Waals surface area (Å²) in [5.74, 6) is -1.36. The van der Waals surface area contributed by atoms with E-state index < -0.39 is 11.9 Å². The van der Waals surface area contributed by atoms with Crippen molar-refractivity contribution in [2.24, 2.45) is 11.7 Å². The Labute approximate surface area is 129 Å². The maximum Gasteiger partial charge on any atom is 0.310 e. The molecule has 1 aromatic rings. The van der Waals surface area contributed by atoms with Crippen molar-refractivity contribution in [1.82, 2.24) is 4.90 Å². The fourth-order valence-corrected chi connectivity index (χ4v) is 2.89. The van der Waals surface area contributed by atoms with Crippen LogP contribution < -0.4 is 5.73 Å². The maximum absolute atomic E-state index is 13.1. The standard InChI is InChI=1S/C16H21FN2O3/c1-2-22-16(21)12-4-3-9-19(10-12)14(15(18)20)11-5-7-13(17)8-6-11/h5-8,12,14H,2-4,9-10H2,1H3,(H2,18,20). The third-order valence-electron chi connectivity index (χ3n) is 3.89. The van der Waals surface area contributed by atoms with Gasteiger partial charge in [0, 0.05) is 6.54 Å². The number of nitrogens with two attached hydrogens (primary N) is 1. The van der Waals surface area contributed by atoms with Gasteiger partial charge >= 0.3 is 5.97 Å². The summed E-state index contributed by atoms with van der Waals surface area (Å²) in [6, 6.07) is 5.06. The molecule has 1 amide bonds. The van der Waals surface area contributed by atoms with Crippen molar-refractivity contribution in [2.75, 3.05) is 19.7 Å². The quantitative estimate of drug-likeness (QED) is 0.839. The van der Waals surface area contributed by atoms with Gasteiger partial charge in [0.05, 0.1) is 12.5 Å². The van der Waals surface area contributed by atoms with Crippen LogP contribution >= 0.6 is 0 Å². The first-order valence-electron chi connectivity index (χ1n) is 7.48. The van der Waals surface area contributed by atoms with Crippen molar-refractivity contribution < 1.29 is 18.7 Å². The maximum atomic E-state index is 13.1. The summed E-state index contributed by atoms with van der Waals surface area (Å²) >= 11 is 0. The first-order chi connectivity index (χ1) is 10.5. The number of rotatable bonds is 5. The molecule has 1 aliphatic heterocycles. The molecule has 0 saturated carbocycles. The monoisotopic (exact) mass is 308 g/mol. The van der Waals surface area contributed by atoms with Crippen LogP contribution in [0.2, 0.25) is 0 Å². The average Bonchev–Trinajstić information content (AvgIpc) is 2.50. The molecule has 22 heavy (non-hydrogen) atoms. The van der Waals surface area contributed by atoms with Gasteiger partial charge in [-0.25, -0.2) is 4.39 Å². The molecule has 0 aliphatic carbocycles. The highest BCUT2D eigenvalue weighted by atomic mass is 19.1. The highest BCUT2D eigenvalue weighted by Gasteiger charge is 2.33. The number of halogens is 1. The van der Waals surface area contributed by atoms with Crippen LogP contribution in [0.1, 0.15) is 31.4 Å². The van der Waals surface area contributed by atoms with E-state index in [9.17, 15) is 14.0 Å². The lowest BCUT2D eigenvalue weighted by Gasteiger charge is -2.36. The number of hydrogen-bond donors (Lipinski definition) is 1. The molecule has 1 saturated heterocycles. The van der Waals surface area contributed by atoms with Crippen molar-refractivity contribution in [3.63, 3.8) is 0 Å². The second-order valence-electron chi connectivity index (χ2n) is 5.44. The van der Waals surface area contributed by atoms with E-state index in [1.165, 1.54) is 12.1 Å². The third kappa shape index (κ3) is 3.82. The molecule has 2 N–H and O–H groups in total. The molecule has 2 rings (SSSR count). The van der Waals surface area contributed by atoms with Gasteiger partial charge in [-0.3, -0.25) is 14.5 Å². The third-order valence-corrected chi connectivity index (χ3v) is 3.89. The molecule has 6 heteroatoms. The summed E-state index contributed by atoms with van der Waals surface area (Å²) in [7, 11) is 0. The summed E-state index contributed by atoms with van der Waals surface area (Å²) in [5.41, 5.74) is 6.16. The normalized spacial score (nSPS) is 20.4. The fraction of sp³-hybridized carbons (Fsp3) is 0.500. The lowest BCUT2D eigenvalue weighted by atomic mass is 9.94. The number of primary amides is 1. The summed E-state index contributed by atoms with van der Waals surface area (Å²) in [5, 5.41) is 0. The first-order valence-corrected chi connectivity index (χ1v) is 7.48. The zero-order valence-corrected chi connectivity index (χ0v) is 12.6. The summed E-state index contributed by atoms with van der Waals surface area (Å²) in [6.45, 7) is 3.19. The van der Waals surface area contributed by atoms with E-state index in [1.54, 1.807) is 19.1 Å². The number of hydrogen-bond acceptors (Lipinski definition) is 4. The number of carbonyl (C=O) groups is 2. The van der Waals surface area contributed by atoms with Crippen molar-refractivity contribution in [3.8, 4) is 0 Å². The summed E-state index contributed by atoms with van der Waals surface area (Å²) in [4.78, 5) is 25.6. The van der Waals surface area contributed by atoms with Crippen LogP contribution in [0.15, 0.2) is 24.3 Å². The topological polar surface area (TPSA) is 72.6 Å². The first kappa shape index (κ1) is 16.4. The average molecular weight is 308 g/mol. The van der Waals surface area contributed by atoms with E-state index >= 15 is 0 Å². The number of benzene rings is 1. The number of amides is 1. The largest absolute Gasteiger partial charge is 0.466 e. The van der Waals surface area contributed by atoms with Gasteiger partial charge < -0.3 is 10.5 Å². The minimum atomic E-state index is -0.655. The van der Waals surface area contributed by atoms with Crippen molar-refractivity contribution >= 4 is 11.9 Å². The number of piperidine rings is 1. The van der Waals surface area contributed by atoms with E-state index in [2.05, 4.69) is 0 Å². The Bertz CT molecular complexity index is 533. The molecule has 0 spiro atoms. The molecule has 1 fully saturated rings. The van der Waals surface area contributed by atoms with Gasteiger partial charge in [0.1, 0.15) is 11.9 Å². The molecule has 0 bridgehead atoms. The molecule has 0 aromatic heterocycles. The molecule has 1 aliphatic rings. The van der Waals surface area contributed by atoms with E-state index in [1.807, 2.05) is 4.90 Å². The number of ether oxygens (including phenoxy) is 1. The molecule has 2 unspecified atom stereocenters. The highest BCUT2D eigenvalue weighted by molar-refractivity contribution is 5.81. The van der Waals surface area contributed by atoms with Gasteiger partial charge in [0.15, 0.2) is 0 Å². The Hall–Kier alpha value is -1.95. The highest BCUT2D eigenvalue weighted by Crippen LogP contribution is 2.27. The predicted molar refractivity (Wildman–Crippen MR) is 79.3 cm³/mol. The van der Waals surface area contributed by atoms with Gasteiger partial charge in [-0.1, -0.05) is 12.1 Å². The van der Waals surface area contributed by atoms with Crippen LogP contribution in [0, 0.1) is 11.7 Å². The molecule has 2 atom stereocenters. The Balaban J connectivity index is 2.16. The van der Waals surface area contributed by atoms with Gasteiger partial charge in [-0.15, -0.1) is 0 Å². The van der Waals surface area contributed by atoms with Crippen LogP contribution in [-0.2, 0) is 14.3 Å². The lowest BCUT2D eigenvalue weighted by Crippen LogP contribution is -2.45. The van der Waals surface area contributed by atoms with E-state index in [4.69, 9.17) is 10.5 Å². The number of nitrogens with zero attached hydrogens (tertiary/aromatic N) is 1. The van der Waals surface area contributed by atoms with Gasteiger partial charge in [-0.05, 0) is 44.0 Å². The van der Waals surface area contributed by atoms with E-state index in [0.717, 1.165) is 12.8 Å². The van der Waals surface area contributed by atoms with E-state index in [0.29, 0.717) is 25.3 Å². The molecular weight excluding hydrogens is 287 g/mol. The van der Waals surface area contributed by atoms with Crippen LogP contribution in [0.25, 0.3) is 0 Å². The Kier molecular flexibility index (Phi) is 5.49. The molecular formula is C16H21FN2O3. The van der Waals surface area contributed by atoms with Gasteiger partial charge in [0.2, 0.25) is 5.91 Å². The smallest absolute Gasteiger partial charge is 0.310 e. The van der Waals surface area contributed by atoms with Crippen LogP contribution in [0.5, 0.6) is 0 Å². The molecule has 5 nitrogen and oxygen atoms in total. The second kappa shape index (κ2) is 7.35. The Morgan fingerprint density at radius 2 is 2.09 bits per heavy atom. The number of esters is 1. The Morgan fingerprint density at radius 1 is 1.41 bits per heavy atom. The minimum Gasteiger partial charge on any atom is -0.466 e. The van der Waals surface area contributed by atoms with Crippen LogP contribution in [0.3, 0.4) is 0 Å². The van der Waals surface area contributed by atoms with Crippen LogP contribution in [0.4, 0.5) is 4.39 Å². The lowest BCUT2D eigenvalue weighted by molar-refractivity contribution is -0.151. The number of carbonyl (C=O) groups excluding carboxylic acids is 2.